The molecule has 0 saturated carbocycles. The normalized spacial score (nSPS) is 8.50. The van der Waals surface area contributed by atoms with Crippen molar-refractivity contribution >= 4 is 11.6 Å². The Morgan fingerprint density at radius 3 is 2.88 bits per heavy atom. The number of hydrogen-bond donors (Lipinski definition) is 1. The highest BCUT2D eigenvalue weighted by Crippen LogP contribution is 1.99. The first kappa shape index (κ1) is 5.13. The van der Waals surface area contributed by atoms with E-state index in [0.29, 0.717) is 5.69 Å². The highest BCUT2D eigenvalue weighted by Gasteiger charge is 1.91. The summed E-state index contributed by atoms with van der Waals surface area (Å²) in [6, 6.07) is 1.85. The van der Waals surface area contributed by atoms with Crippen LogP contribution in [0.3, 0.4) is 0 Å². The number of H-pyrrole nitrogens is 1. The van der Waals surface area contributed by atoms with Gasteiger partial charge in [-0.2, -0.15) is 5.26 Å². The first-order chi connectivity index (χ1) is 3.83. The molecule has 1 N–H and O–H groups in total. The van der Waals surface area contributed by atoms with Crippen LogP contribution < -0.4 is 0 Å². The fraction of sp³-hybridized carbons (Fsp3) is 0. The zero-order valence-corrected chi connectivity index (χ0v) is 4.61. The maximum Gasteiger partial charge on any atom is 0.201 e. The summed E-state index contributed by atoms with van der Waals surface area (Å²) in [7, 11) is 0. The van der Waals surface area contributed by atoms with Gasteiger partial charge >= 0.3 is 0 Å². The quantitative estimate of drug-likeness (QED) is 0.564. The van der Waals surface area contributed by atoms with E-state index in [9.17, 15) is 0 Å². The van der Waals surface area contributed by atoms with E-state index in [1.165, 1.54) is 6.20 Å². The van der Waals surface area contributed by atoms with E-state index in [2.05, 4.69) is 9.97 Å². The van der Waals surface area contributed by atoms with Gasteiger partial charge in [-0.25, -0.2) is 4.98 Å². The minimum Gasteiger partial charge on any atom is -0.320 e. The van der Waals surface area contributed by atoms with Crippen molar-refractivity contribution in [3.05, 3.63) is 17.2 Å². The highest BCUT2D eigenvalue weighted by molar-refractivity contribution is 6.28. The number of nitriles is 1. The van der Waals surface area contributed by atoms with E-state index >= 15 is 0 Å². The van der Waals surface area contributed by atoms with Crippen molar-refractivity contribution in [1.29, 1.82) is 5.26 Å². The molecule has 0 aliphatic carbocycles. The molecule has 3 nitrogen and oxygen atoms in total. The van der Waals surface area contributed by atoms with Gasteiger partial charge in [-0.3, -0.25) is 0 Å². The number of aromatic nitrogens is 2. The number of rotatable bonds is 0. The van der Waals surface area contributed by atoms with Crippen LogP contribution in [0.1, 0.15) is 5.69 Å². The Balaban J connectivity index is 3.05. The molecule has 1 heterocycles. The summed E-state index contributed by atoms with van der Waals surface area (Å²) in [4.78, 5) is 6.09. The van der Waals surface area contributed by atoms with Gasteiger partial charge < -0.3 is 4.98 Å². The van der Waals surface area contributed by atoms with Gasteiger partial charge in [0, 0.05) is 0 Å². The lowest BCUT2D eigenvalue weighted by Gasteiger charge is -1.69. The lowest BCUT2D eigenvalue weighted by molar-refractivity contribution is 1.29. The smallest absolute Gasteiger partial charge is 0.201 e. The van der Waals surface area contributed by atoms with Gasteiger partial charge in [0.2, 0.25) is 5.28 Å². The average Bonchev–Trinajstić information content (AvgIpc) is 2.14. The fourth-order valence-corrected chi connectivity index (χ4v) is 0.504. The number of hydrogen-bond acceptors (Lipinski definition) is 2. The Morgan fingerprint density at radius 2 is 2.62 bits per heavy atom. The topological polar surface area (TPSA) is 52.5 Å². The summed E-state index contributed by atoms with van der Waals surface area (Å²) in [5, 5.41) is 8.42. The highest BCUT2D eigenvalue weighted by atomic mass is 35.5. The number of nitrogens with zero attached hydrogens (tertiary/aromatic N) is 2. The minimum absolute atomic E-state index is 0.251. The van der Waals surface area contributed by atoms with Crippen LogP contribution in [0.2, 0.25) is 5.28 Å². The van der Waals surface area contributed by atoms with Gasteiger partial charge in [-0.15, -0.1) is 0 Å². The van der Waals surface area contributed by atoms with Crippen molar-refractivity contribution in [2.45, 2.75) is 0 Å². The van der Waals surface area contributed by atoms with Gasteiger partial charge in [0.25, 0.3) is 0 Å². The van der Waals surface area contributed by atoms with Gasteiger partial charge in [0.15, 0.2) is 0 Å². The summed E-state index contributed by atoms with van der Waals surface area (Å²) in [5.74, 6) is 0. The fourth-order valence-electron chi connectivity index (χ4n) is 0.354. The molecule has 0 atom stereocenters. The van der Waals surface area contributed by atoms with Crippen molar-refractivity contribution in [2.24, 2.45) is 0 Å². The van der Waals surface area contributed by atoms with Crippen LogP contribution in [0.15, 0.2) is 6.20 Å². The van der Waals surface area contributed by atoms with Crippen molar-refractivity contribution in [3.8, 4) is 6.07 Å². The Kier molecular flexibility index (Phi) is 1.18. The first-order valence-corrected chi connectivity index (χ1v) is 2.31. The molecule has 4 heteroatoms. The maximum atomic E-state index is 8.17. The van der Waals surface area contributed by atoms with Gasteiger partial charge in [-0.05, 0) is 11.6 Å². The molecule has 0 spiro atoms. The van der Waals surface area contributed by atoms with Crippen LogP contribution in [0.4, 0.5) is 0 Å². The second kappa shape index (κ2) is 1.85. The summed E-state index contributed by atoms with van der Waals surface area (Å²) in [6.45, 7) is 0. The lowest BCUT2D eigenvalue weighted by atomic mass is 10.6. The predicted octanol–water partition coefficient (Wildman–Crippen LogP) is 0.935. The Labute approximate surface area is 50.9 Å². The molecule has 1 aromatic heterocycles. The number of aromatic amines is 1. The van der Waals surface area contributed by atoms with E-state index in [0.717, 1.165) is 0 Å². The zero-order valence-electron chi connectivity index (χ0n) is 3.85. The molecule has 0 amide bonds. The van der Waals surface area contributed by atoms with Gasteiger partial charge in [-0.1, -0.05) is 0 Å². The second-order valence-electron chi connectivity index (χ2n) is 1.20. The van der Waals surface area contributed by atoms with E-state index in [1.807, 2.05) is 6.07 Å². The molecule has 1 aromatic rings. The molecule has 1 rings (SSSR count). The van der Waals surface area contributed by atoms with Crippen LogP contribution in [0.25, 0.3) is 0 Å². The zero-order chi connectivity index (χ0) is 5.98. The third kappa shape index (κ3) is 0.796. The molecule has 8 heavy (non-hydrogen) atoms. The van der Waals surface area contributed by atoms with E-state index in [4.69, 9.17) is 16.9 Å². The molecular weight excluding hydrogens is 126 g/mol. The largest absolute Gasteiger partial charge is 0.320 e. The molecular formula is C4H2ClN3. The molecule has 0 saturated heterocycles. The Morgan fingerprint density at radius 1 is 1.88 bits per heavy atom. The van der Waals surface area contributed by atoms with Crippen LogP contribution in [0.5, 0.6) is 0 Å². The maximum absolute atomic E-state index is 8.17. The SMILES string of the molecule is N#Cc1cnc(Cl)[nH]1. The van der Waals surface area contributed by atoms with E-state index in [1.54, 1.807) is 0 Å². The minimum atomic E-state index is 0.251. The Bertz CT molecular complexity index is 221. The van der Waals surface area contributed by atoms with Crippen LogP contribution >= 0.6 is 11.6 Å². The van der Waals surface area contributed by atoms with Crippen LogP contribution in [-0.4, -0.2) is 9.97 Å². The van der Waals surface area contributed by atoms with E-state index in [-0.39, 0.29) is 5.28 Å². The molecule has 40 valence electrons. The van der Waals surface area contributed by atoms with Crippen molar-refractivity contribution in [2.75, 3.05) is 0 Å². The van der Waals surface area contributed by atoms with Crippen molar-refractivity contribution in [1.82, 2.24) is 9.97 Å². The molecule has 0 aliphatic rings. The third-order valence-electron chi connectivity index (χ3n) is 0.665. The standard InChI is InChI=1S/C4H2ClN3/c5-4-7-2-3(1-6)8-4/h2H,(H,7,8). The summed E-state index contributed by atoms with van der Waals surface area (Å²) < 4.78 is 0. The van der Waals surface area contributed by atoms with Crippen molar-refractivity contribution in [3.63, 3.8) is 0 Å². The predicted molar refractivity (Wildman–Crippen MR) is 28.3 cm³/mol. The molecule has 0 aliphatic heterocycles. The molecule has 0 radical (unpaired) electrons. The summed E-state index contributed by atoms with van der Waals surface area (Å²) in [5.41, 5.74) is 0.384. The Hall–Kier alpha value is -1.01. The van der Waals surface area contributed by atoms with Crippen LogP contribution in [-0.2, 0) is 0 Å². The van der Waals surface area contributed by atoms with E-state index < -0.39 is 0 Å². The third-order valence-corrected chi connectivity index (χ3v) is 0.857. The van der Waals surface area contributed by atoms with Gasteiger partial charge in [0.1, 0.15) is 11.8 Å². The number of nitrogens with one attached hydrogen (secondary N) is 1. The first-order valence-electron chi connectivity index (χ1n) is 1.93. The molecule has 0 bridgehead atoms. The monoisotopic (exact) mass is 127 g/mol. The summed E-state index contributed by atoms with van der Waals surface area (Å²) in [6.07, 6.45) is 1.38. The number of halogens is 1. The molecule has 0 aromatic carbocycles. The molecule has 0 fully saturated rings. The van der Waals surface area contributed by atoms with Gasteiger partial charge in [0.05, 0.1) is 6.20 Å². The van der Waals surface area contributed by atoms with Crippen molar-refractivity contribution < 1.29 is 0 Å². The number of imidazole rings is 1. The molecule has 0 unspecified atom stereocenters. The average molecular weight is 128 g/mol. The van der Waals surface area contributed by atoms with Crippen LogP contribution in [0, 0.1) is 11.3 Å². The summed E-state index contributed by atoms with van der Waals surface area (Å²) >= 11 is 5.32. The second-order valence-corrected chi connectivity index (χ2v) is 1.56. The lowest BCUT2D eigenvalue weighted by Crippen LogP contribution is -1.66.